The van der Waals surface area contributed by atoms with Crippen LogP contribution < -0.4 is 5.32 Å². The molecule has 0 aliphatic heterocycles. The normalized spacial score (nSPS) is 28.7. The van der Waals surface area contributed by atoms with E-state index in [1.54, 1.807) is 0 Å². The molecule has 1 saturated carbocycles. The molecule has 0 saturated heterocycles. The molecule has 0 aromatic carbocycles. The Morgan fingerprint density at radius 2 is 1.94 bits per heavy atom. The quantitative estimate of drug-likeness (QED) is 0.671. The zero-order valence-electron chi connectivity index (χ0n) is 9.44. The minimum atomic E-state index is -0.0505. The number of rotatable bonds is 2. The lowest BCUT2D eigenvalue weighted by molar-refractivity contribution is -0.120. The summed E-state index contributed by atoms with van der Waals surface area (Å²) in [5.41, 5.74) is 0.303. The van der Waals surface area contributed by atoms with E-state index < -0.39 is 0 Å². The van der Waals surface area contributed by atoms with Crippen LogP contribution in [0.25, 0.3) is 0 Å². The molecule has 3 atom stereocenters. The van der Waals surface area contributed by atoms with Crippen LogP contribution in [0.5, 0.6) is 0 Å². The third kappa shape index (κ3) is 1.99. The number of carbonyl (C=O) groups is 1. The second-order valence-electron chi connectivity index (χ2n) is 4.71. The number of allylic oxidation sites excluding steroid dienone is 2. The number of amides is 1. The van der Waals surface area contributed by atoms with Gasteiger partial charge in [-0.1, -0.05) is 35.4 Å². The topological polar surface area (TPSA) is 54.9 Å². The fraction of sp³-hybridized carbons (Fsp3) is 0.417. The Morgan fingerprint density at radius 3 is 2.50 bits per heavy atom. The van der Waals surface area contributed by atoms with Crippen molar-refractivity contribution in [2.75, 3.05) is 5.32 Å². The molecule has 0 radical (unpaired) electrons. The van der Waals surface area contributed by atoms with Gasteiger partial charge in [-0.3, -0.25) is 4.79 Å². The van der Waals surface area contributed by atoms with Gasteiger partial charge in [0.15, 0.2) is 10.3 Å². The van der Waals surface area contributed by atoms with Crippen molar-refractivity contribution in [1.29, 1.82) is 0 Å². The van der Waals surface area contributed by atoms with Crippen LogP contribution in [0, 0.1) is 17.8 Å². The first-order valence-corrected chi connectivity index (χ1v) is 6.56. The van der Waals surface area contributed by atoms with E-state index in [4.69, 9.17) is 23.2 Å². The number of hydrogen-bond donors (Lipinski definition) is 1. The van der Waals surface area contributed by atoms with E-state index >= 15 is 0 Å². The molecule has 18 heavy (non-hydrogen) atoms. The van der Waals surface area contributed by atoms with Crippen molar-refractivity contribution in [3.05, 3.63) is 28.8 Å². The zero-order chi connectivity index (χ0) is 12.7. The molecular formula is C12H11Cl2N3O. The summed E-state index contributed by atoms with van der Waals surface area (Å²) in [6.45, 7) is 0. The predicted octanol–water partition coefficient (Wildman–Crippen LogP) is 2.93. The maximum Gasteiger partial charge on any atom is 0.228 e. The smallest absolute Gasteiger partial charge is 0.228 e. The number of fused-ring (bicyclic) bond motifs is 2. The Kier molecular flexibility index (Phi) is 2.99. The molecule has 1 heterocycles. The van der Waals surface area contributed by atoms with E-state index in [9.17, 15) is 4.79 Å². The Morgan fingerprint density at radius 1 is 1.22 bits per heavy atom. The molecule has 94 valence electrons. The van der Waals surface area contributed by atoms with Gasteiger partial charge in [0.2, 0.25) is 5.91 Å². The summed E-state index contributed by atoms with van der Waals surface area (Å²) in [4.78, 5) is 19.8. The van der Waals surface area contributed by atoms with E-state index in [0.717, 1.165) is 12.8 Å². The van der Waals surface area contributed by atoms with Crippen LogP contribution in [0.1, 0.15) is 12.8 Å². The third-order valence-corrected chi connectivity index (χ3v) is 4.19. The van der Waals surface area contributed by atoms with E-state index in [0.29, 0.717) is 17.5 Å². The van der Waals surface area contributed by atoms with Crippen molar-refractivity contribution >= 4 is 34.8 Å². The number of halogens is 2. The van der Waals surface area contributed by atoms with Crippen molar-refractivity contribution in [2.24, 2.45) is 17.8 Å². The summed E-state index contributed by atoms with van der Waals surface area (Å²) in [5, 5.41) is 3.08. The van der Waals surface area contributed by atoms with Crippen molar-refractivity contribution < 1.29 is 4.79 Å². The lowest BCUT2D eigenvalue weighted by Gasteiger charge is -2.18. The summed E-state index contributed by atoms with van der Waals surface area (Å²) in [7, 11) is 0. The predicted molar refractivity (Wildman–Crippen MR) is 69.5 cm³/mol. The lowest BCUT2D eigenvalue weighted by atomic mass is 9.93. The highest BCUT2D eigenvalue weighted by Crippen LogP contribution is 2.44. The van der Waals surface area contributed by atoms with Crippen LogP contribution in [-0.2, 0) is 4.79 Å². The molecule has 2 aliphatic carbocycles. The number of aromatic nitrogens is 2. The molecule has 4 nitrogen and oxygen atoms in total. The lowest BCUT2D eigenvalue weighted by Crippen LogP contribution is -2.26. The molecule has 3 unspecified atom stereocenters. The first-order valence-electron chi connectivity index (χ1n) is 5.80. The van der Waals surface area contributed by atoms with E-state index in [-0.39, 0.29) is 22.1 Å². The molecule has 2 bridgehead atoms. The van der Waals surface area contributed by atoms with Crippen LogP contribution in [0.4, 0.5) is 5.69 Å². The molecule has 1 aromatic rings. The first-order chi connectivity index (χ1) is 8.65. The van der Waals surface area contributed by atoms with Crippen molar-refractivity contribution in [1.82, 2.24) is 9.97 Å². The van der Waals surface area contributed by atoms with Gasteiger partial charge in [0.1, 0.15) is 12.0 Å². The SMILES string of the molecule is O=C(Nc1c(Cl)ncnc1Cl)C1CC2C=CC1C2. The Bertz CT molecular complexity index is 512. The maximum absolute atomic E-state index is 12.2. The third-order valence-electron chi connectivity index (χ3n) is 3.62. The fourth-order valence-corrected chi connectivity index (χ4v) is 3.15. The van der Waals surface area contributed by atoms with E-state index in [1.807, 2.05) is 0 Å². The highest BCUT2D eigenvalue weighted by molar-refractivity contribution is 6.38. The van der Waals surface area contributed by atoms with Gasteiger partial charge in [-0.05, 0) is 24.7 Å². The molecule has 3 rings (SSSR count). The number of anilines is 1. The number of hydrogen-bond acceptors (Lipinski definition) is 3. The largest absolute Gasteiger partial charge is 0.321 e. The Balaban J connectivity index is 1.77. The average Bonchev–Trinajstić information content (AvgIpc) is 2.96. The minimum absolute atomic E-state index is 0.00680. The molecule has 0 spiro atoms. The minimum Gasteiger partial charge on any atom is -0.321 e. The highest BCUT2D eigenvalue weighted by atomic mass is 35.5. The Hall–Kier alpha value is -1.13. The van der Waals surface area contributed by atoms with Crippen molar-refractivity contribution in [3.63, 3.8) is 0 Å². The monoisotopic (exact) mass is 283 g/mol. The van der Waals surface area contributed by atoms with Gasteiger partial charge in [-0.15, -0.1) is 0 Å². The molecule has 1 N–H and O–H groups in total. The van der Waals surface area contributed by atoms with Crippen LogP contribution >= 0.6 is 23.2 Å². The van der Waals surface area contributed by atoms with Gasteiger partial charge < -0.3 is 5.32 Å². The number of nitrogens with one attached hydrogen (secondary N) is 1. The summed E-state index contributed by atoms with van der Waals surface area (Å²) in [6, 6.07) is 0. The summed E-state index contributed by atoms with van der Waals surface area (Å²) < 4.78 is 0. The van der Waals surface area contributed by atoms with Crippen LogP contribution in [0.3, 0.4) is 0 Å². The number of carbonyl (C=O) groups excluding carboxylic acids is 1. The first kappa shape index (κ1) is 11.9. The molecule has 1 fully saturated rings. The van der Waals surface area contributed by atoms with Crippen LogP contribution in [0.15, 0.2) is 18.5 Å². The summed E-state index contributed by atoms with van der Waals surface area (Å²) in [6.07, 6.45) is 7.56. The fourth-order valence-electron chi connectivity index (χ4n) is 2.75. The van der Waals surface area contributed by atoms with Gasteiger partial charge in [-0.25, -0.2) is 9.97 Å². The van der Waals surface area contributed by atoms with Gasteiger partial charge in [0, 0.05) is 5.92 Å². The molecule has 2 aliphatic rings. The summed E-state index contributed by atoms with van der Waals surface area (Å²) >= 11 is 11.8. The van der Waals surface area contributed by atoms with Gasteiger partial charge in [0.25, 0.3) is 0 Å². The maximum atomic E-state index is 12.2. The average molecular weight is 284 g/mol. The molecule has 1 aromatic heterocycles. The van der Waals surface area contributed by atoms with Gasteiger partial charge >= 0.3 is 0 Å². The van der Waals surface area contributed by atoms with Crippen LogP contribution in [-0.4, -0.2) is 15.9 Å². The van der Waals surface area contributed by atoms with E-state index in [1.165, 1.54) is 6.33 Å². The second-order valence-corrected chi connectivity index (χ2v) is 5.42. The second kappa shape index (κ2) is 4.52. The molecule has 1 amide bonds. The van der Waals surface area contributed by atoms with Gasteiger partial charge in [-0.2, -0.15) is 0 Å². The highest BCUT2D eigenvalue weighted by Gasteiger charge is 2.40. The van der Waals surface area contributed by atoms with Gasteiger partial charge in [0.05, 0.1) is 0 Å². The zero-order valence-corrected chi connectivity index (χ0v) is 10.9. The van der Waals surface area contributed by atoms with Crippen molar-refractivity contribution in [3.8, 4) is 0 Å². The molecular weight excluding hydrogens is 273 g/mol. The van der Waals surface area contributed by atoms with E-state index in [2.05, 4.69) is 27.4 Å². The summed E-state index contributed by atoms with van der Waals surface area (Å²) in [5.74, 6) is 0.846. The Labute approximate surface area is 114 Å². The van der Waals surface area contributed by atoms with Crippen LogP contribution in [0.2, 0.25) is 10.3 Å². The van der Waals surface area contributed by atoms with Crippen molar-refractivity contribution in [2.45, 2.75) is 12.8 Å². The number of nitrogens with zero attached hydrogens (tertiary/aromatic N) is 2. The molecule has 6 heteroatoms. The standard InChI is InChI=1S/C12H11Cl2N3O/c13-10-9(11(14)16-5-15-10)17-12(18)8-4-6-1-2-7(8)3-6/h1-2,5-8H,3-4H2,(H,17,18).